The van der Waals surface area contributed by atoms with Gasteiger partial charge in [0.2, 0.25) is 0 Å². The van der Waals surface area contributed by atoms with Crippen LogP contribution in [0.1, 0.15) is 20.8 Å². The number of fused-ring (bicyclic) bond motifs is 4. The first kappa shape index (κ1) is 33.6. The molecule has 6 aromatic carbocycles. The first-order chi connectivity index (χ1) is 24.9. The minimum absolute atomic E-state index is 0. The summed E-state index contributed by atoms with van der Waals surface area (Å²) < 4.78 is 8.79. The molecule has 0 N–H and O–H groups in total. The van der Waals surface area contributed by atoms with E-state index < -0.39 is 0 Å². The Morgan fingerprint density at radius 1 is 0.673 bits per heavy atom. The van der Waals surface area contributed by atoms with Crippen molar-refractivity contribution < 1.29 is 25.8 Å². The van der Waals surface area contributed by atoms with Gasteiger partial charge < -0.3 is 24.4 Å². The number of benzene rings is 6. The quantitative estimate of drug-likeness (QED) is 0.156. The summed E-state index contributed by atoms with van der Waals surface area (Å²) in [7, 11) is 0. The van der Waals surface area contributed by atoms with Crippen LogP contribution in [0.5, 0.6) is 11.5 Å². The molecule has 9 rings (SSSR count). The third kappa shape index (κ3) is 6.10. The van der Waals surface area contributed by atoms with Gasteiger partial charge in [0.05, 0.1) is 0 Å². The largest absolute Gasteiger partial charge is 4.00 e. The molecule has 2 aliphatic rings. The van der Waals surface area contributed by atoms with Gasteiger partial charge >= 0.3 is 21.1 Å². The smallest absolute Gasteiger partial charge is 0.509 e. The molecule has 2 aliphatic heterocycles. The van der Waals surface area contributed by atoms with Gasteiger partial charge in [-0.05, 0) is 58.4 Å². The van der Waals surface area contributed by atoms with Crippen LogP contribution in [0.15, 0.2) is 151 Å². The fourth-order valence-corrected chi connectivity index (χ4v) is 7.02. The summed E-state index contributed by atoms with van der Waals surface area (Å²) in [5.74, 6) is 2.13. The van der Waals surface area contributed by atoms with Crippen LogP contribution in [0.2, 0.25) is 0 Å². The predicted molar refractivity (Wildman–Crippen MR) is 211 cm³/mol. The molecule has 6 heteroatoms. The number of aromatic nitrogens is 1. The number of hydrogen-bond acceptors (Lipinski definition) is 3. The van der Waals surface area contributed by atoms with E-state index in [1.54, 1.807) is 0 Å². The van der Waals surface area contributed by atoms with Crippen molar-refractivity contribution in [3.63, 3.8) is 0 Å². The number of para-hydroxylation sites is 3. The zero-order valence-corrected chi connectivity index (χ0v) is 31.4. The molecule has 0 radical (unpaired) electrons. The van der Waals surface area contributed by atoms with E-state index in [1.807, 2.05) is 24.3 Å². The second-order valence-corrected chi connectivity index (χ2v) is 14.0. The molecule has 0 spiro atoms. The molecule has 5 nitrogen and oxygen atoms in total. The minimum atomic E-state index is 0. The van der Waals surface area contributed by atoms with Gasteiger partial charge in [0.15, 0.2) is 0 Å². The normalized spacial score (nSPS) is 14.1. The first-order valence-corrected chi connectivity index (χ1v) is 17.3. The van der Waals surface area contributed by atoms with Gasteiger partial charge in [-0.25, -0.2) is 0 Å². The molecule has 0 saturated heterocycles. The number of anilines is 4. The summed E-state index contributed by atoms with van der Waals surface area (Å²) in [6, 6.07) is 53.3. The van der Waals surface area contributed by atoms with Crippen LogP contribution in [0, 0.1) is 24.2 Å². The predicted octanol–water partition coefficient (Wildman–Crippen LogP) is 12.4. The zero-order valence-electron chi connectivity index (χ0n) is 29.2. The molecule has 0 fully saturated rings. The molecule has 3 heterocycles. The summed E-state index contributed by atoms with van der Waals surface area (Å²) in [6.45, 7) is 9.49. The second-order valence-electron chi connectivity index (χ2n) is 14.0. The van der Waals surface area contributed by atoms with Crippen molar-refractivity contribution in [1.29, 1.82) is 0 Å². The maximum absolute atomic E-state index is 6.55. The van der Waals surface area contributed by atoms with Gasteiger partial charge in [-0.3, -0.25) is 0 Å². The Balaban J connectivity index is 0.00000387. The van der Waals surface area contributed by atoms with Crippen LogP contribution in [0.25, 0.3) is 44.1 Å². The van der Waals surface area contributed by atoms with E-state index in [1.165, 1.54) is 16.7 Å². The summed E-state index contributed by atoms with van der Waals surface area (Å²) in [4.78, 5) is 4.35. The average Bonchev–Trinajstić information content (AvgIpc) is 3.71. The number of rotatable bonds is 6. The van der Waals surface area contributed by atoms with Crippen LogP contribution in [-0.4, -0.2) is 11.1 Å². The van der Waals surface area contributed by atoms with Crippen LogP contribution in [0.3, 0.4) is 0 Å². The molecule has 0 bridgehead atoms. The van der Waals surface area contributed by atoms with Gasteiger partial charge in [0.1, 0.15) is 0 Å². The third-order valence-corrected chi connectivity index (χ3v) is 9.60. The van der Waals surface area contributed by atoms with Crippen molar-refractivity contribution in [2.24, 2.45) is 5.41 Å². The third-order valence-electron chi connectivity index (χ3n) is 9.60. The molecule has 256 valence electrons. The zero-order chi connectivity index (χ0) is 34.5. The van der Waals surface area contributed by atoms with E-state index in [0.717, 1.165) is 50.4 Å². The minimum Gasteiger partial charge on any atom is -0.509 e. The van der Waals surface area contributed by atoms with Crippen molar-refractivity contribution in [1.82, 2.24) is 4.57 Å². The molecule has 52 heavy (non-hydrogen) atoms. The van der Waals surface area contributed by atoms with E-state index in [4.69, 9.17) is 10.1 Å². The average molecular weight is 856 g/mol. The van der Waals surface area contributed by atoms with Crippen molar-refractivity contribution >= 4 is 50.4 Å². The van der Waals surface area contributed by atoms with E-state index in [0.29, 0.717) is 18.0 Å². The molecule has 0 saturated carbocycles. The van der Waals surface area contributed by atoms with Crippen LogP contribution in [-0.2, 0) is 21.1 Å². The maximum Gasteiger partial charge on any atom is 4.00 e. The van der Waals surface area contributed by atoms with Gasteiger partial charge in [0, 0.05) is 28.6 Å². The topological polar surface area (TPSA) is 34.7 Å². The standard InChI is InChI=1S/C46H36N4O.Pt/c1-46(2,3)34-25-26-47-45(28-34)50-41-24-21-33(32-13-6-4-7-14-32)27-40(41)39-23-22-38(30-44(39)50)51-37-18-12-17-36(29-37)49-31-48(35-15-8-5-9-16-35)42-19-10-11-20-43(42)49;/h4-25,27-28,31H,26H2,1-3H3;/q-4;+4. The number of ether oxygens (including phenoxy) is 1. The molecule has 0 aliphatic carbocycles. The Morgan fingerprint density at radius 2 is 1.38 bits per heavy atom. The second kappa shape index (κ2) is 13.6. The van der Waals surface area contributed by atoms with E-state index >= 15 is 0 Å². The number of allylic oxidation sites excluding steroid dienone is 2. The number of hydrogen-bond donors (Lipinski definition) is 0. The van der Waals surface area contributed by atoms with Gasteiger partial charge in [-0.15, -0.1) is 53.6 Å². The summed E-state index contributed by atoms with van der Waals surface area (Å²) in [6.07, 6.45) is 4.44. The van der Waals surface area contributed by atoms with E-state index in [9.17, 15) is 0 Å². The molecular weight excluding hydrogens is 820 g/mol. The Hall–Kier alpha value is -5.51. The maximum atomic E-state index is 6.55. The number of nitrogens with zero attached hydrogens (tertiary/aromatic N) is 4. The fourth-order valence-electron chi connectivity index (χ4n) is 7.02. The van der Waals surface area contributed by atoms with E-state index in [2.05, 4.69) is 175 Å². The molecular formula is C46H36N4OPt. The van der Waals surface area contributed by atoms with Crippen LogP contribution in [0.4, 0.5) is 22.7 Å². The monoisotopic (exact) mass is 855 g/mol. The van der Waals surface area contributed by atoms with Gasteiger partial charge in [-0.1, -0.05) is 123 Å². The van der Waals surface area contributed by atoms with Crippen molar-refractivity contribution in [2.75, 3.05) is 16.3 Å². The summed E-state index contributed by atoms with van der Waals surface area (Å²) in [5.41, 5.74) is 9.81. The molecule has 0 atom stereocenters. The summed E-state index contributed by atoms with van der Waals surface area (Å²) >= 11 is 0. The molecule has 0 amide bonds. The Labute approximate surface area is 319 Å². The SMILES string of the molecule is CC(C)(C)C1=CC[N-]C(n2c3[c-]c(Oc4[c-]c(N5[CH-]N(c6ccccc6)c6ccccc65)ccc4)ccc3c3cc(-c4ccccc4)ccc32)=C1.[Pt+4]. The first-order valence-electron chi connectivity index (χ1n) is 17.3. The van der Waals surface area contributed by atoms with Crippen LogP contribution < -0.4 is 14.5 Å². The van der Waals surface area contributed by atoms with Crippen LogP contribution >= 0.6 is 0 Å². The Kier molecular flexibility index (Phi) is 8.77. The molecule has 1 aromatic heterocycles. The Morgan fingerprint density at radius 3 is 2.15 bits per heavy atom. The van der Waals surface area contributed by atoms with Crippen molar-refractivity contribution in [3.05, 3.63) is 175 Å². The molecule has 0 unspecified atom stereocenters. The summed E-state index contributed by atoms with van der Waals surface area (Å²) in [5, 5.41) is 7.25. The van der Waals surface area contributed by atoms with Crippen molar-refractivity contribution in [3.8, 4) is 22.6 Å². The van der Waals surface area contributed by atoms with E-state index in [-0.39, 0.29) is 26.5 Å². The molecule has 7 aromatic rings. The Bertz CT molecular complexity index is 2480. The van der Waals surface area contributed by atoms with Crippen molar-refractivity contribution in [2.45, 2.75) is 20.8 Å². The fraction of sp³-hybridized carbons (Fsp3) is 0.109. The van der Waals surface area contributed by atoms with Gasteiger partial charge in [0.25, 0.3) is 0 Å². The van der Waals surface area contributed by atoms with Gasteiger partial charge in [-0.2, -0.15) is 12.1 Å².